The van der Waals surface area contributed by atoms with Crippen LogP contribution in [0.4, 0.5) is 11.4 Å². The Bertz CT molecular complexity index is 476. The molecule has 1 aromatic carbocycles. The van der Waals surface area contributed by atoms with E-state index >= 15 is 0 Å². The van der Waals surface area contributed by atoms with Crippen molar-refractivity contribution in [2.75, 3.05) is 30.9 Å². The number of ether oxygens (including phenoxy) is 2. The van der Waals surface area contributed by atoms with Crippen LogP contribution in [0.5, 0.6) is 0 Å². The normalized spacial score (nSPS) is 23.2. The first-order valence-electron chi connectivity index (χ1n) is 6.39. The second-order valence-electron chi connectivity index (χ2n) is 4.88. The lowest BCUT2D eigenvalue weighted by molar-refractivity contribution is 0.0341. The van der Waals surface area contributed by atoms with Crippen molar-refractivity contribution in [1.82, 2.24) is 0 Å². The molecule has 1 fully saturated rings. The lowest BCUT2D eigenvalue weighted by atomic mass is 10.1. The number of esters is 1. The summed E-state index contributed by atoms with van der Waals surface area (Å²) in [6, 6.07) is 5.47. The van der Waals surface area contributed by atoms with E-state index in [-0.39, 0.29) is 18.1 Å². The van der Waals surface area contributed by atoms with Gasteiger partial charge in [0.05, 0.1) is 36.8 Å². The number of nitrogens with two attached hydrogens (primary N) is 1. The van der Waals surface area contributed by atoms with Crippen molar-refractivity contribution in [3.05, 3.63) is 23.8 Å². The highest BCUT2D eigenvalue weighted by Crippen LogP contribution is 2.32. The molecule has 1 heterocycles. The standard InChI is InChI=1S/C14H20N2O3/c1-9-8-19-10(2)7-16(9)13-11(14(17)18-3)5-4-6-12(13)15/h4-6,9-10H,7-8,15H2,1-3H3. The Balaban J connectivity index is 2.44. The van der Waals surface area contributed by atoms with Crippen LogP contribution in [-0.2, 0) is 9.47 Å². The Hall–Kier alpha value is -1.75. The lowest BCUT2D eigenvalue weighted by Gasteiger charge is -2.39. The van der Waals surface area contributed by atoms with E-state index in [1.807, 2.05) is 6.92 Å². The van der Waals surface area contributed by atoms with Gasteiger partial charge in [0.2, 0.25) is 0 Å². The molecule has 0 saturated carbocycles. The maximum atomic E-state index is 11.9. The monoisotopic (exact) mass is 264 g/mol. The summed E-state index contributed by atoms with van der Waals surface area (Å²) in [6.45, 7) is 5.39. The smallest absolute Gasteiger partial charge is 0.340 e. The number of carbonyl (C=O) groups excluding carboxylic acids is 1. The van der Waals surface area contributed by atoms with Crippen molar-refractivity contribution in [1.29, 1.82) is 0 Å². The molecule has 5 heteroatoms. The maximum Gasteiger partial charge on any atom is 0.340 e. The first-order valence-corrected chi connectivity index (χ1v) is 6.39. The summed E-state index contributed by atoms with van der Waals surface area (Å²) in [5.74, 6) is -0.367. The van der Waals surface area contributed by atoms with E-state index in [4.69, 9.17) is 15.2 Å². The third-order valence-corrected chi connectivity index (χ3v) is 3.37. The maximum absolute atomic E-state index is 11.9. The molecule has 104 valence electrons. The van der Waals surface area contributed by atoms with E-state index in [1.54, 1.807) is 18.2 Å². The van der Waals surface area contributed by atoms with Gasteiger partial charge in [0.1, 0.15) is 0 Å². The molecule has 0 spiro atoms. The van der Waals surface area contributed by atoms with Gasteiger partial charge in [0.25, 0.3) is 0 Å². The first kappa shape index (κ1) is 13.7. The van der Waals surface area contributed by atoms with Crippen molar-refractivity contribution >= 4 is 17.3 Å². The van der Waals surface area contributed by atoms with Crippen molar-refractivity contribution in [2.24, 2.45) is 0 Å². The van der Waals surface area contributed by atoms with Gasteiger partial charge < -0.3 is 20.1 Å². The van der Waals surface area contributed by atoms with Crippen molar-refractivity contribution < 1.29 is 14.3 Å². The summed E-state index contributed by atoms with van der Waals surface area (Å²) in [6.07, 6.45) is 0.112. The fraction of sp³-hybridized carbons (Fsp3) is 0.500. The van der Waals surface area contributed by atoms with Gasteiger partial charge in [0, 0.05) is 12.6 Å². The van der Waals surface area contributed by atoms with Crippen LogP contribution in [0.3, 0.4) is 0 Å². The third-order valence-electron chi connectivity index (χ3n) is 3.37. The summed E-state index contributed by atoms with van der Waals surface area (Å²) in [4.78, 5) is 14.0. The molecule has 1 aliphatic heterocycles. The number of methoxy groups -OCH3 is 1. The zero-order valence-corrected chi connectivity index (χ0v) is 11.6. The molecule has 0 aliphatic carbocycles. The molecule has 0 aromatic heterocycles. The summed E-state index contributed by atoms with van der Waals surface area (Å²) < 4.78 is 10.4. The number of anilines is 2. The van der Waals surface area contributed by atoms with E-state index in [9.17, 15) is 4.79 Å². The van der Waals surface area contributed by atoms with Crippen molar-refractivity contribution in [3.8, 4) is 0 Å². The third kappa shape index (κ3) is 2.66. The average Bonchev–Trinajstić information content (AvgIpc) is 2.40. The van der Waals surface area contributed by atoms with Gasteiger partial charge in [-0.25, -0.2) is 4.79 Å². The number of carbonyl (C=O) groups is 1. The van der Waals surface area contributed by atoms with E-state index in [0.29, 0.717) is 24.4 Å². The van der Waals surface area contributed by atoms with E-state index in [1.165, 1.54) is 7.11 Å². The molecule has 0 bridgehead atoms. The number of para-hydroxylation sites is 1. The molecule has 1 aliphatic rings. The predicted octanol–water partition coefficient (Wildman–Crippen LogP) is 1.67. The fourth-order valence-corrected chi connectivity index (χ4v) is 2.37. The number of rotatable bonds is 2. The average molecular weight is 264 g/mol. The van der Waals surface area contributed by atoms with Crippen LogP contribution in [0, 0.1) is 0 Å². The summed E-state index contributed by atoms with van der Waals surface area (Å²) in [7, 11) is 1.38. The highest BCUT2D eigenvalue weighted by molar-refractivity contribution is 5.99. The van der Waals surface area contributed by atoms with Crippen LogP contribution < -0.4 is 10.6 Å². The second-order valence-corrected chi connectivity index (χ2v) is 4.88. The van der Waals surface area contributed by atoms with Gasteiger partial charge in [-0.2, -0.15) is 0 Å². The molecular weight excluding hydrogens is 244 g/mol. The highest BCUT2D eigenvalue weighted by Gasteiger charge is 2.28. The Kier molecular flexibility index (Phi) is 3.95. The minimum absolute atomic E-state index is 0.112. The quantitative estimate of drug-likeness (QED) is 0.650. The molecule has 0 radical (unpaired) electrons. The SMILES string of the molecule is COC(=O)c1cccc(N)c1N1CC(C)OCC1C. The number of nitrogens with zero attached hydrogens (tertiary/aromatic N) is 1. The molecule has 2 rings (SSSR count). The Morgan fingerprint density at radius 1 is 1.47 bits per heavy atom. The van der Waals surface area contributed by atoms with E-state index < -0.39 is 0 Å². The molecule has 5 nitrogen and oxygen atoms in total. The largest absolute Gasteiger partial charge is 0.465 e. The number of morpholine rings is 1. The van der Waals surface area contributed by atoms with Gasteiger partial charge in [-0.15, -0.1) is 0 Å². The lowest BCUT2D eigenvalue weighted by Crippen LogP contribution is -2.48. The minimum atomic E-state index is -0.367. The van der Waals surface area contributed by atoms with Gasteiger partial charge in [0.15, 0.2) is 0 Å². The minimum Gasteiger partial charge on any atom is -0.465 e. The molecule has 2 unspecified atom stereocenters. The number of benzene rings is 1. The zero-order chi connectivity index (χ0) is 14.0. The van der Waals surface area contributed by atoms with Crippen LogP contribution >= 0.6 is 0 Å². The molecule has 0 amide bonds. The van der Waals surface area contributed by atoms with Crippen LogP contribution in [-0.4, -0.2) is 38.4 Å². The number of nitrogen functional groups attached to an aromatic ring is 1. The Morgan fingerprint density at radius 3 is 2.89 bits per heavy atom. The topological polar surface area (TPSA) is 64.8 Å². The van der Waals surface area contributed by atoms with Crippen molar-refractivity contribution in [2.45, 2.75) is 26.0 Å². The van der Waals surface area contributed by atoms with E-state index in [0.717, 1.165) is 5.69 Å². The van der Waals surface area contributed by atoms with Crippen LogP contribution in [0.2, 0.25) is 0 Å². The summed E-state index contributed by atoms with van der Waals surface area (Å²) in [5.41, 5.74) is 7.90. The Morgan fingerprint density at radius 2 is 2.21 bits per heavy atom. The van der Waals surface area contributed by atoms with E-state index in [2.05, 4.69) is 11.8 Å². The van der Waals surface area contributed by atoms with Gasteiger partial charge in [-0.3, -0.25) is 0 Å². The number of hydrogen-bond acceptors (Lipinski definition) is 5. The molecule has 2 N–H and O–H groups in total. The summed E-state index contributed by atoms with van der Waals surface area (Å²) >= 11 is 0. The number of hydrogen-bond donors (Lipinski definition) is 1. The first-order chi connectivity index (χ1) is 9.04. The zero-order valence-electron chi connectivity index (χ0n) is 11.6. The van der Waals surface area contributed by atoms with Gasteiger partial charge >= 0.3 is 5.97 Å². The molecule has 2 atom stereocenters. The predicted molar refractivity (Wildman–Crippen MR) is 74.4 cm³/mol. The van der Waals surface area contributed by atoms with Crippen LogP contribution in [0.15, 0.2) is 18.2 Å². The van der Waals surface area contributed by atoms with Gasteiger partial charge in [-0.05, 0) is 26.0 Å². The molecular formula is C14H20N2O3. The van der Waals surface area contributed by atoms with Gasteiger partial charge in [-0.1, -0.05) is 6.07 Å². The van der Waals surface area contributed by atoms with Crippen LogP contribution in [0.25, 0.3) is 0 Å². The molecule has 1 saturated heterocycles. The van der Waals surface area contributed by atoms with Crippen molar-refractivity contribution in [3.63, 3.8) is 0 Å². The summed E-state index contributed by atoms with van der Waals surface area (Å²) in [5, 5.41) is 0. The second kappa shape index (κ2) is 5.48. The molecule has 1 aromatic rings. The highest BCUT2D eigenvalue weighted by atomic mass is 16.5. The van der Waals surface area contributed by atoms with Crippen LogP contribution in [0.1, 0.15) is 24.2 Å². The fourth-order valence-electron chi connectivity index (χ4n) is 2.37. The Labute approximate surface area is 113 Å². The molecule has 19 heavy (non-hydrogen) atoms.